The number of aryl methyl sites for hydroxylation is 1. The lowest BCUT2D eigenvalue weighted by molar-refractivity contribution is 0.0952. The van der Waals surface area contributed by atoms with Gasteiger partial charge in [0.2, 0.25) is 0 Å². The van der Waals surface area contributed by atoms with Crippen LogP contribution in [0.2, 0.25) is 10.0 Å². The largest absolute Gasteiger partial charge is 0.360 e. The third-order valence-electron chi connectivity index (χ3n) is 3.11. The summed E-state index contributed by atoms with van der Waals surface area (Å²) in [7, 11) is 0. The van der Waals surface area contributed by atoms with Crippen LogP contribution < -0.4 is 5.32 Å². The van der Waals surface area contributed by atoms with Crippen molar-refractivity contribution >= 4 is 29.1 Å². The summed E-state index contributed by atoms with van der Waals surface area (Å²) in [5.74, 6) is 0.211. The zero-order valence-corrected chi connectivity index (χ0v) is 13.4. The number of hydrogen-bond acceptors (Lipinski definition) is 3. The number of halogens is 2. The van der Waals surface area contributed by atoms with Crippen LogP contribution in [0.3, 0.4) is 0 Å². The second kappa shape index (κ2) is 6.96. The number of amides is 1. The predicted molar refractivity (Wildman–Crippen MR) is 83.9 cm³/mol. The number of benzene rings is 1. The summed E-state index contributed by atoms with van der Waals surface area (Å²) in [5.41, 5.74) is 1.26. The van der Waals surface area contributed by atoms with Crippen LogP contribution in [0.4, 0.5) is 0 Å². The summed E-state index contributed by atoms with van der Waals surface area (Å²) in [4.78, 5) is 12.3. The van der Waals surface area contributed by atoms with Crippen LogP contribution in [0.1, 0.15) is 35.9 Å². The number of nitrogens with zero attached hydrogens (tertiary/aromatic N) is 1. The average Bonchev–Trinajstić information content (AvgIpc) is 2.80. The Morgan fingerprint density at radius 3 is 2.62 bits per heavy atom. The lowest BCUT2D eigenvalue weighted by Gasteiger charge is -2.07. The molecule has 1 aromatic heterocycles. The Labute approximate surface area is 133 Å². The molecule has 0 atom stereocenters. The van der Waals surface area contributed by atoms with Crippen LogP contribution in [0.25, 0.3) is 11.3 Å². The summed E-state index contributed by atoms with van der Waals surface area (Å²) in [6.45, 7) is 4.36. The van der Waals surface area contributed by atoms with Crippen molar-refractivity contribution in [2.24, 2.45) is 0 Å². The van der Waals surface area contributed by atoms with E-state index in [2.05, 4.69) is 17.4 Å². The summed E-state index contributed by atoms with van der Waals surface area (Å²) in [6.07, 6.45) is 1.92. The zero-order chi connectivity index (χ0) is 15.4. The molecule has 1 heterocycles. The first-order valence-corrected chi connectivity index (χ1v) is 7.50. The molecule has 0 saturated carbocycles. The van der Waals surface area contributed by atoms with Crippen LogP contribution in [-0.2, 0) is 0 Å². The Kier molecular flexibility index (Phi) is 5.26. The minimum absolute atomic E-state index is 0.229. The SMILES string of the molecule is CCCCNC(=O)c1c(-c2c(Cl)cccc2Cl)noc1C. The standard InChI is InChI=1S/C15H16Cl2N2O2/c1-3-4-8-18-15(20)12-9(2)21-19-14(12)13-10(16)6-5-7-11(13)17/h5-7H,3-4,8H2,1-2H3,(H,18,20). The molecule has 1 amide bonds. The lowest BCUT2D eigenvalue weighted by Crippen LogP contribution is -2.25. The van der Waals surface area contributed by atoms with Crippen molar-refractivity contribution < 1.29 is 9.32 Å². The first-order chi connectivity index (χ1) is 10.1. The van der Waals surface area contributed by atoms with Gasteiger partial charge < -0.3 is 9.84 Å². The molecule has 4 nitrogen and oxygen atoms in total. The van der Waals surface area contributed by atoms with Crippen molar-refractivity contribution in [1.82, 2.24) is 10.5 Å². The number of unbranched alkanes of at least 4 members (excludes halogenated alkanes) is 1. The Hall–Kier alpha value is -1.52. The van der Waals surface area contributed by atoms with Crippen molar-refractivity contribution in [2.45, 2.75) is 26.7 Å². The van der Waals surface area contributed by atoms with Crippen LogP contribution in [0.15, 0.2) is 22.7 Å². The fraction of sp³-hybridized carbons (Fsp3) is 0.333. The van der Waals surface area contributed by atoms with Gasteiger partial charge in [-0.25, -0.2) is 0 Å². The minimum Gasteiger partial charge on any atom is -0.360 e. The van der Waals surface area contributed by atoms with E-state index in [9.17, 15) is 4.79 Å². The van der Waals surface area contributed by atoms with E-state index in [-0.39, 0.29) is 5.91 Å². The van der Waals surface area contributed by atoms with E-state index in [1.54, 1.807) is 25.1 Å². The molecule has 0 unspecified atom stereocenters. The van der Waals surface area contributed by atoms with Gasteiger partial charge in [-0.1, -0.05) is 47.8 Å². The third kappa shape index (κ3) is 3.39. The van der Waals surface area contributed by atoms with Gasteiger partial charge in [0.05, 0.1) is 10.0 Å². The molecule has 0 saturated heterocycles. The van der Waals surface area contributed by atoms with Gasteiger partial charge in [-0.2, -0.15) is 0 Å². The van der Waals surface area contributed by atoms with Crippen molar-refractivity contribution in [2.75, 3.05) is 6.54 Å². The maximum atomic E-state index is 12.3. The van der Waals surface area contributed by atoms with E-state index in [0.29, 0.717) is 39.2 Å². The van der Waals surface area contributed by atoms with E-state index in [1.165, 1.54) is 0 Å². The molecule has 1 N–H and O–H groups in total. The normalized spacial score (nSPS) is 10.7. The van der Waals surface area contributed by atoms with Gasteiger partial charge in [-0.05, 0) is 25.5 Å². The number of nitrogens with one attached hydrogen (secondary N) is 1. The molecule has 0 aliphatic rings. The molecule has 0 bridgehead atoms. The topological polar surface area (TPSA) is 55.1 Å². The van der Waals surface area contributed by atoms with Gasteiger partial charge in [0.25, 0.3) is 5.91 Å². The van der Waals surface area contributed by atoms with Crippen LogP contribution in [0.5, 0.6) is 0 Å². The maximum absolute atomic E-state index is 12.3. The first kappa shape index (κ1) is 15.9. The number of hydrogen-bond donors (Lipinski definition) is 1. The molecule has 0 aliphatic heterocycles. The fourth-order valence-corrected chi connectivity index (χ4v) is 2.58. The number of carbonyl (C=O) groups is 1. The molecule has 21 heavy (non-hydrogen) atoms. The molecule has 2 rings (SSSR count). The molecule has 0 radical (unpaired) electrons. The number of rotatable bonds is 5. The molecule has 112 valence electrons. The summed E-state index contributed by atoms with van der Waals surface area (Å²) < 4.78 is 5.16. The third-order valence-corrected chi connectivity index (χ3v) is 3.74. The predicted octanol–water partition coefficient (Wildman–Crippen LogP) is 4.49. The zero-order valence-electron chi connectivity index (χ0n) is 11.9. The van der Waals surface area contributed by atoms with E-state index in [4.69, 9.17) is 27.7 Å². The number of carbonyl (C=O) groups excluding carboxylic acids is 1. The van der Waals surface area contributed by atoms with Gasteiger partial charge in [-0.3, -0.25) is 4.79 Å². The Morgan fingerprint density at radius 1 is 1.33 bits per heavy atom. The first-order valence-electron chi connectivity index (χ1n) is 6.75. The molecular formula is C15H16Cl2N2O2. The molecule has 0 aliphatic carbocycles. The summed E-state index contributed by atoms with van der Waals surface area (Å²) in [5, 5.41) is 7.66. The minimum atomic E-state index is -0.229. The quantitative estimate of drug-likeness (QED) is 0.824. The Balaban J connectivity index is 2.41. The van der Waals surface area contributed by atoms with Gasteiger partial charge in [0, 0.05) is 12.1 Å². The highest BCUT2D eigenvalue weighted by Gasteiger charge is 2.24. The fourth-order valence-electron chi connectivity index (χ4n) is 2.00. The highest BCUT2D eigenvalue weighted by molar-refractivity contribution is 6.39. The van der Waals surface area contributed by atoms with Gasteiger partial charge in [0.15, 0.2) is 0 Å². The van der Waals surface area contributed by atoms with Crippen LogP contribution in [-0.4, -0.2) is 17.6 Å². The smallest absolute Gasteiger partial charge is 0.257 e. The number of aromatic nitrogens is 1. The Morgan fingerprint density at radius 2 is 2.00 bits per heavy atom. The van der Waals surface area contributed by atoms with E-state index in [0.717, 1.165) is 12.8 Å². The van der Waals surface area contributed by atoms with Crippen LogP contribution in [0, 0.1) is 6.92 Å². The van der Waals surface area contributed by atoms with E-state index in [1.807, 2.05) is 0 Å². The molecule has 0 spiro atoms. The van der Waals surface area contributed by atoms with Crippen molar-refractivity contribution in [1.29, 1.82) is 0 Å². The van der Waals surface area contributed by atoms with Crippen molar-refractivity contribution in [3.8, 4) is 11.3 Å². The Bertz CT molecular complexity index is 633. The average molecular weight is 327 g/mol. The van der Waals surface area contributed by atoms with Crippen LogP contribution >= 0.6 is 23.2 Å². The molecular weight excluding hydrogens is 311 g/mol. The lowest BCUT2D eigenvalue weighted by atomic mass is 10.1. The second-order valence-corrected chi connectivity index (χ2v) is 5.48. The van der Waals surface area contributed by atoms with E-state index < -0.39 is 0 Å². The second-order valence-electron chi connectivity index (χ2n) is 4.67. The highest BCUT2D eigenvalue weighted by atomic mass is 35.5. The molecule has 1 aromatic carbocycles. The summed E-state index contributed by atoms with van der Waals surface area (Å²) in [6, 6.07) is 5.14. The molecule has 0 fully saturated rings. The van der Waals surface area contributed by atoms with Gasteiger partial charge >= 0.3 is 0 Å². The van der Waals surface area contributed by atoms with Crippen molar-refractivity contribution in [3.63, 3.8) is 0 Å². The van der Waals surface area contributed by atoms with Gasteiger partial charge in [-0.15, -0.1) is 0 Å². The van der Waals surface area contributed by atoms with E-state index >= 15 is 0 Å². The maximum Gasteiger partial charge on any atom is 0.257 e. The van der Waals surface area contributed by atoms with Crippen molar-refractivity contribution in [3.05, 3.63) is 39.6 Å². The van der Waals surface area contributed by atoms with Gasteiger partial charge in [0.1, 0.15) is 17.0 Å². The highest BCUT2D eigenvalue weighted by Crippen LogP contribution is 2.36. The molecule has 6 heteroatoms. The monoisotopic (exact) mass is 326 g/mol. The molecule has 2 aromatic rings. The summed E-state index contributed by atoms with van der Waals surface area (Å²) >= 11 is 12.4.